The minimum Gasteiger partial charge on any atom is -0.454 e. The van der Waals surface area contributed by atoms with E-state index in [0.717, 1.165) is 60.0 Å². The molecule has 4 aromatic heterocycles. The Balaban J connectivity index is 1.16. The van der Waals surface area contributed by atoms with E-state index in [0.29, 0.717) is 17.5 Å². The van der Waals surface area contributed by atoms with Gasteiger partial charge in [-0.05, 0) is 59.3 Å². The van der Waals surface area contributed by atoms with E-state index in [1.165, 1.54) is 37.0 Å². The topological polar surface area (TPSA) is 56.7 Å². The lowest BCUT2D eigenvalue weighted by atomic mass is 10.0. The number of rotatable bonds is 4. The van der Waals surface area contributed by atoms with E-state index in [9.17, 15) is 0 Å². The van der Waals surface area contributed by atoms with Crippen LogP contribution >= 0.6 is 11.3 Å². The monoisotopic (exact) mass is 720 g/mol. The van der Waals surface area contributed by atoms with Gasteiger partial charge in [-0.2, -0.15) is 0 Å². The molecule has 0 saturated heterocycles. The molecule has 0 fully saturated rings. The highest BCUT2D eigenvalue weighted by atomic mass is 32.1. The molecule has 12 rings (SSSR count). The van der Waals surface area contributed by atoms with Gasteiger partial charge in [0.2, 0.25) is 0 Å². The Morgan fingerprint density at radius 2 is 1.13 bits per heavy atom. The number of nitrogens with zero attached hydrogens (tertiary/aromatic N) is 4. The van der Waals surface area contributed by atoms with Crippen LogP contribution in [0.1, 0.15) is 0 Å². The molecule has 6 heteroatoms. The molecule has 0 unspecified atom stereocenters. The van der Waals surface area contributed by atoms with Crippen molar-refractivity contribution in [1.29, 1.82) is 0 Å². The van der Waals surface area contributed by atoms with Crippen LogP contribution in [-0.4, -0.2) is 19.5 Å². The molecule has 0 N–H and O–H groups in total. The lowest BCUT2D eigenvalue weighted by Gasteiger charge is -2.13. The molecule has 55 heavy (non-hydrogen) atoms. The first-order valence-corrected chi connectivity index (χ1v) is 19.2. The minimum atomic E-state index is 0.596. The third-order valence-electron chi connectivity index (χ3n) is 10.8. The Bertz CT molecular complexity index is 3500. The van der Waals surface area contributed by atoms with Crippen molar-refractivity contribution in [2.45, 2.75) is 0 Å². The van der Waals surface area contributed by atoms with E-state index in [4.69, 9.17) is 19.4 Å². The first kappa shape index (κ1) is 30.3. The Labute approximate surface area is 318 Å². The van der Waals surface area contributed by atoms with Gasteiger partial charge in [0.1, 0.15) is 5.58 Å². The first-order chi connectivity index (χ1) is 27.3. The molecule has 256 valence electrons. The van der Waals surface area contributed by atoms with Crippen molar-refractivity contribution in [3.8, 4) is 39.9 Å². The Hall–Kier alpha value is -7.15. The third kappa shape index (κ3) is 4.55. The smallest absolute Gasteiger partial charge is 0.165 e. The summed E-state index contributed by atoms with van der Waals surface area (Å²) in [5, 5.41) is 9.22. The molecule has 8 aromatic carbocycles. The average Bonchev–Trinajstić information content (AvgIpc) is 3.93. The summed E-state index contributed by atoms with van der Waals surface area (Å²) >= 11 is 1.78. The maximum absolute atomic E-state index is 6.89. The van der Waals surface area contributed by atoms with Crippen LogP contribution in [0, 0.1) is 0 Å². The second-order valence-electron chi connectivity index (χ2n) is 14.0. The maximum atomic E-state index is 6.89. The molecule has 0 bridgehead atoms. The van der Waals surface area contributed by atoms with Crippen LogP contribution < -0.4 is 0 Å². The zero-order valence-electron chi connectivity index (χ0n) is 29.3. The molecule has 0 saturated carbocycles. The number of hydrogen-bond donors (Lipinski definition) is 0. The molecule has 4 heterocycles. The van der Waals surface area contributed by atoms with E-state index in [1.807, 2.05) is 30.3 Å². The van der Waals surface area contributed by atoms with Crippen LogP contribution in [0.15, 0.2) is 174 Å². The van der Waals surface area contributed by atoms with Gasteiger partial charge in [-0.15, -0.1) is 11.3 Å². The first-order valence-electron chi connectivity index (χ1n) is 18.4. The number of furan rings is 1. The fourth-order valence-corrected chi connectivity index (χ4v) is 9.56. The minimum absolute atomic E-state index is 0.596. The van der Waals surface area contributed by atoms with Crippen LogP contribution in [0.3, 0.4) is 0 Å². The van der Waals surface area contributed by atoms with E-state index in [2.05, 4.69) is 144 Å². The van der Waals surface area contributed by atoms with E-state index < -0.39 is 0 Å². The van der Waals surface area contributed by atoms with Gasteiger partial charge in [-0.25, -0.2) is 15.0 Å². The maximum Gasteiger partial charge on any atom is 0.165 e. The van der Waals surface area contributed by atoms with E-state index >= 15 is 0 Å². The number of para-hydroxylation sites is 2. The summed E-state index contributed by atoms with van der Waals surface area (Å²) in [6.45, 7) is 0. The van der Waals surface area contributed by atoms with Crippen LogP contribution in [0.4, 0.5) is 0 Å². The predicted molar refractivity (Wildman–Crippen MR) is 228 cm³/mol. The SMILES string of the molecule is c1ccc(-c2nc(-c3cccc4c3sc3ccccc34)nc(-c3ccc(-n4c5ccccc5c5cc6ccccc6cc54)c4oc5ccccc5c34)n2)cc1. The zero-order chi connectivity index (χ0) is 36.0. The van der Waals surface area contributed by atoms with Gasteiger partial charge in [0, 0.05) is 58.4 Å². The van der Waals surface area contributed by atoms with Crippen LogP contribution in [0.2, 0.25) is 0 Å². The summed E-state index contributed by atoms with van der Waals surface area (Å²) in [5.74, 6) is 1.86. The second kappa shape index (κ2) is 11.7. The second-order valence-corrected chi connectivity index (χ2v) is 15.0. The van der Waals surface area contributed by atoms with Crippen LogP contribution in [0.25, 0.3) is 115 Å². The molecule has 0 aliphatic heterocycles. The molecule has 0 spiro atoms. The lowest BCUT2D eigenvalue weighted by Crippen LogP contribution is -2.01. The zero-order valence-corrected chi connectivity index (χ0v) is 30.1. The highest BCUT2D eigenvalue weighted by Gasteiger charge is 2.23. The highest BCUT2D eigenvalue weighted by Crippen LogP contribution is 2.44. The van der Waals surface area contributed by atoms with Crippen molar-refractivity contribution >= 4 is 86.0 Å². The Morgan fingerprint density at radius 3 is 2.00 bits per heavy atom. The van der Waals surface area contributed by atoms with Gasteiger partial charge >= 0.3 is 0 Å². The molecular weight excluding hydrogens is 693 g/mol. The van der Waals surface area contributed by atoms with Gasteiger partial charge < -0.3 is 8.98 Å². The number of benzene rings is 8. The fourth-order valence-electron chi connectivity index (χ4n) is 8.35. The summed E-state index contributed by atoms with van der Waals surface area (Å²) in [4.78, 5) is 15.7. The number of fused-ring (bicyclic) bond motifs is 10. The van der Waals surface area contributed by atoms with Gasteiger partial charge in [0.15, 0.2) is 23.1 Å². The molecule has 0 amide bonds. The molecule has 5 nitrogen and oxygen atoms in total. The number of thiophene rings is 1. The van der Waals surface area contributed by atoms with E-state index in [1.54, 1.807) is 11.3 Å². The predicted octanol–water partition coefficient (Wildman–Crippen LogP) is 13.4. The quantitative estimate of drug-likeness (QED) is 0.182. The normalized spacial score (nSPS) is 12.0. The summed E-state index contributed by atoms with van der Waals surface area (Å²) in [6, 6.07) is 59.5. The fraction of sp³-hybridized carbons (Fsp3) is 0. The van der Waals surface area contributed by atoms with Gasteiger partial charge in [-0.3, -0.25) is 0 Å². The summed E-state index contributed by atoms with van der Waals surface area (Å²) in [6.07, 6.45) is 0. The summed E-state index contributed by atoms with van der Waals surface area (Å²) in [5.41, 5.74) is 7.60. The lowest BCUT2D eigenvalue weighted by molar-refractivity contribution is 0.666. The highest BCUT2D eigenvalue weighted by molar-refractivity contribution is 7.26. The average molecular weight is 721 g/mol. The van der Waals surface area contributed by atoms with Crippen molar-refractivity contribution in [2.75, 3.05) is 0 Å². The third-order valence-corrected chi connectivity index (χ3v) is 12.1. The van der Waals surface area contributed by atoms with Crippen molar-refractivity contribution < 1.29 is 4.42 Å². The van der Waals surface area contributed by atoms with Gasteiger partial charge in [-0.1, -0.05) is 121 Å². The van der Waals surface area contributed by atoms with Crippen LogP contribution in [-0.2, 0) is 0 Å². The van der Waals surface area contributed by atoms with E-state index in [-0.39, 0.29) is 0 Å². The summed E-state index contributed by atoms with van der Waals surface area (Å²) < 4.78 is 11.6. The van der Waals surface area contributed by atoms with Gasteiger partial charge in [0.25, 0.3) is 0 Å². The Kier molecular flexibility index (Phi) is 6.44. The molecule has 0 radical (unpaired) electrons. The number of aromatic nitrogens is 4. The largest absolute Gasteiger partial charge is 0.454 e. The standard InChI is InChI=1S/C49H28N4OS/c1-2-13-29(14-3-1)47-50-48(52-49(51-47)37-21-12-20-34-33-18-8-11-24-43(33)55-46(34)37)36-25-26-40(45-44(36)35-19-7-10-23-42(35)54-45)53-39-22-9-6-17-32(39)38-27-30-15-4-5-16-31(30)28-41(38)53/h1-28H. The van der Waals surface area contributed by atoms with Crippen LogP contribution in [0.5, 0.6) is 0 Å². The number of hydrogen-bond acceptors (Lipinski definition) is 5. The molecule has 0 atom stereocenters. The van der Waals surface area contributed by atoms with Crippen molar-refractivity contribution in [2.24, 2.45) is 0 Å². The molecule has 0 aliphatic rings. The summed E-state index contributed by atoms with van der Waals surface area (Å²) in [7, 11) is 0. The molecule has 0 aliphatic carbocycles. The van der Waals surface area contributed by atoms with Crippen molar-refractivity contribution in [1.82, 2.24) is 19.5 Å². The molecule has 12 aromatic rings. The van der Waals surface area contributed by atoms with Crippen molar-refractivity contribution in [3.63, 3.8) is 0 Å². The Morgan fingerprint density at radius 1 is 0.455 bits per heavy atom. The van der Waals surface area contributed by atoms with Crippen molar-refractivity contribution in [3.05, 3.63) is 170 Å². The van der Waals surface area contributed by atoms with Gasteiger partial charge in [0.05, 0.1) is 16.7 Å². The molecular formula is C49H28N4OS.